The van der Waals surface area contributed by atoms with Crippen LogP contribution in [0.3, 0.4) is 0 Å². The van der Waals surface area contributed by atoms with E-state index in [0.29, 0.717) is 0 Å². The summed E-state index contributed by atoms with van der Waals surface area (Å²) in [7, 11) is 0. The molecule has 19 heavy (non-hydrogen) atoms. The molecular formula is C14H16N2OS2. The van der Waals surface area contributed by atoms with Crippen molar-refractivity contribution in [1.29, 1.82) is 0 Å². The van der Waals surface area contributed by atoms with Crippen molar-refractivity contribution in [3.8, 4) is 0 Å². The lowest BCUT2D eigenvalue weighted by molar-refractivity contribution is -0.112. The number of thiocarbonyl (C=S) groups is 1. The predicted octanol–water partition coefficient (Wildman–Crippen LogP) is 3.81. The maximum atomic E-state index is 11.3. The third-order valence-corrected chi connectivity index (χ3v) is 3.91. The molecule has 5 heteroatoms. The summed E-state index contributed by atoms with van der Waals surface area (Å²) in [4.78, 5) is 15.3. The largest absolute Gasteiger partial charge is 0.350 e. The first-order valence-corrected chi connectivity index (χ1v) is 7.33. The van der Waals surface area contributed by atoms with E-state index in [4.69, 9.17) is 12.2 Å². The molecule has 0 spiro atoms. The van der Waals surface area contributed by atoms with Crippen molar-refractivity contribution in [1.82, 2.24) is 0 Å². The molecule has 1 aromatic carbocycles. The van der Waals surface area contributed by atoms with Gasteiger partial charge in [0.05, 0.1) is 15.7 Å². The summed E-state index contributed by atoms with van der Waals surface area (Å²) >= 11 is 6.69. The van der Waals surface area contributed by atoms with Crippen LogP contribution in [0.4, 0.5) is 11.4 Å². The summed E-state index contributed by atoms with van der Waals surface area (Å²) in [6, 6.07) is 6.14. The second-order valence-electron chi connectivity index (χ2n) is 4.30. The fraction of sp³-hybridized carbons (Fsp3) is 0.286. The number of nitrogens with one attached hydrogen (secondary N) is 1. The summed E-state index contributed by atoms with van der Waals surface area (Å²) in [6.07, 6.45) is 1.69. The SMILES string of the molecule is CCN1/C(=C/C(C)=O)Sc2ccc(NC(C)=S)cc21. The van der Waals surface area contributed by atoms with E-state index in [0.717, 1.165) is 27.9 Å². The molecule has 1 aliphatic heterocycles. The van der Waals surface area contributed by atoms with Crippen LogP contribution in [0.25, 0.3) is 0 Å². The highest BCUT2D eigenvalue weighted by atomic mass is 32.2. The van der Waals surface area contributed by atoms with Crippen LogP contribution in [-0.2, 0) is 4.79 Å². The van der Waals surface area contributed by atoms with Crippen LogP contribution in [0.5, 0.6) is 0 Å². The maximum Gasteiger partial charge on any atom is 0.155 e. The van der Waals surface area contributed by atoms with E-state index < -0.39 is 0 Å². The number of nitrogens with zero attached hydrogens (tertiary/aromatic N) is 1. The molecule has 1 N–H and O–H groups in total. The normalized spacial score (nSPS) is 15.5. The monoisotopic (exact) mass is 292 g/mol. The van der Waals surface area contributed by atoms with Crippen molar-refractivity contribution < 1.29 is 4.79 Å². The maximum absolute atomic E-state index is 11.3. The second-order valence-corrected chi connectivity index (χ2v) is 5.98. The number of ketones is 1. The molecule has 1 heterocycles. The average molecular weight is 292 g/mol. The Balaban J connectivity index is 2.37. The van der Waals surface area contributed by atoms with Crippen molar-refractivity contribution in [2.45, 2.75) is 25.7 Å². The predicted molar refractivity (Wildman–Crippen MR) is 86.0 cm³/mol. The Morgan fingerprint density at radius 1 is 1.47 bits per heavy atom. The number of anilines is 2. The van der Waals surface area contributed by atoms with Gasteiger partial charge in [-0.3, -0.25) is 4.79 Å². The van der Waals surface area contributed by atoms with Crippen molar-refractivity contribution in [3.05, 3.63) is 29.3 Å². The van der Waals surface area contributed by atoms with Gasteiger partial charge < -0.3 is 10.2 Å². The van der Waals surface area contributed by atoms with Crippen LogP contribution < -0.4 is 10.2 Å². The van der Waals surface area contributed by atoms with Crippen LogP contribution in [-0.4, -0.2) is 17.3 Å². The Morgan fingerprint density at radius 2 is 2.21 bits per heavy atom. The molecule has 3 nitrogen and oxygen atoms in total. The minimum absolute atomic E-state index is 0.0711. The van der Waals surface area contributed by atoms with Crippen molar-refractivity contribution in [3.63, 3.8) is 0 Å². The Bertz CT molecular complexity index is 567. The lowest BCUT2D eigenvalue weighted by atomic mass is 10.2. The summed E-state index contributed by atoms with van der Waals surface area (Å²) < 4.78 is 0. The molecule has 1 aromatic rings. The van der Waals surface area contributed by atoms with Gasteiger partial charge in [0.15, 0.2) is 5.78 Å². The Kier molecular flexibility index (Phi) is 4.27. The number of carbonyl (C=O) groups is 1. The van der Waals surface area contributed by atoms with Gasteiger partial charge in [0.1, 0.15) is 0 Å². The highest BCUT2D eigenvalue weighted by Gasteiger charge is 2.24. The standard InChI is InChI=1S/C14H16N2OS2/c1-4-16-12-8-11(15-10(3)18)5-6-13(12)19-14(16)7-9(2)17/h5-8H,4H2,1-3H3,(H,15,18)/b14-7-. The van der Waals surface area contributed by atoms with Gasteiger partial charge in [-0.25, -0.2) is 0 Å². The number of rotatable bonds is 3. The zero-order chi connectivity index (χ0) is 14.0. The molecule has 100 valence electrons. The molecule has 0 radical (unpaired) electrons. The van der Waals surface area contributed by atoms with Gasteiger partial charge in [-0.2, -0.15) is 0 Å². The molecule has 0 bridgehead atoms. The van der Waals surface area contributed by atoms with Crippen LogP contribution in [0, 0.1) is 0 Å². The van der Waals surface area contributed by atoms with E-state index in [2.05, 4.69) is 29.3 Å². The van der Waals surface area contributed by atoms with Gasteiger partial charge in [-0.05, 0) is 39.0 Å². The quantitative estimate of drug-likeness (QED) is 0.676. The third-order valence-electron chi connectivity index (χ3n) is 2.69. The molecule has 1 aliphatic rings. The first-order chi connectivity index (χ1) is 9.01. The molecular weight excluding hydrogens is 276 g/mol. The van der Waals surface area contributed by atoms with Crippen molar-refractivity contribution in [2.75, 3.05) is 16.8 Å². The van der Waals surface area contributed by atoms with Crippen molar-refractivity contribution >= 4 is 46.1 Å². The zero-order valence-corrected chi connectivity index (χ0v) is 12.8. The second kappa shape index (κ2) is 5.75. The molecule has 0 amide bonds. The average Bonchev–Trinajstić information content (AvgIpc) is 2.63. The number of carbonyl (C=O) groups excluding carboxylic acids is 1. The van der Waals surface area contributed by atoms with Gasteiger partial charge in [0.2, 0.25) is 0 Å². The van der Waals surface area contributed by atoms with Gasteiger partial charge in [-0.15, -0.1) is 0 Å². The van der Waals surface area contributed by atoms with E-state index >= 15 is 0 Å². The molecule has 0 atom stereocenters. The minimum atomic E-state index is 0.0711. The topological polar surface area (TPSA) is 32.3 Å². The number of hydrogen-bond donors (Lipinski definition) is 1. The summed E-state index contributed by atoms with van der Waals surface area (Å²) in [5.41, 5.74) is 2.11. The smallest absolute Gasteiger partial charge is 0.155 e. The number of benzene rings is 1. The number of thioether (sulfide) groups is 1. The van der Waals surface area contributed by atoms with E-state index in [9.17, 15) is 4.79 Å². The molecule has 0 aromatic heterocycles. The summed E-state index contributed by atoms with van der Waals surface area (Å²) in [5, 5.41) is 4.13. The van der Waals surface area contributed by atoms with Crippen LogP contribution in [0.2, 0.25) is 0 Å². The van der Waals surface area contributed by atoms with E-state index in [1.807, 2.05) is 13.0 Å². The lowest BCUT2D eigenvalue weighted by Gasteiger charge is -2.18. The summed E-state index contributed by atoms with van der Waals surface area (Å²) in [6.45, 7) is 6.34. The molecule has 0 saturated heterocycles. The van der Waals surface area contributed by atoms with E-state index in [-0.39, 0.29) is 5.78 Å². The molecule has 0 unspecified atom stereocenters. The molecule has 2 rings (SSSR count). The molecule has 0 saturated carbocycles. The van der Waals surface area contributed by atoms with Gasteiger partial charge in [0.25, 0.3) is 0 Å². The van der Waals surface area contributed by atoms with Gasteiger partial charge >= 0.3 is 0 Å². The fourth-order valence-electron chi connectivity index (χ4n) is 1.99. The number of hydrogen-bond acceptors (Lipinski definition) is 4. The fourth-order valence-corrected chi connectivity index (χ4v) is 3.31. The van der Waals surface area contributed by atoms with Gasteiger partial charge in [-0.1, -0.05) is 24.0 Å². The number of fused-ring (bicyclic) bond motifs is 1. The summed E-state index contributed by atoms with van der Waals surface area (Å²) in [5.74, 6) is 0.0711. The minimum Gasteiger partial charge on any atom is -0.350 e. The Labute approximate surface area is 123 Å². The lowest BCUT2D eigenvalue weighted by Crippen LogP contribution is -2.17. The van der Waals surface area contributed by atoms with Gasteiger partial charge in [0, 0.05) is 23.2 Å². The first-order valence-electron chi connectivity index (χ1n) is 6.10. The highest BCUT2D eigenvalue weighted by molar-refractivity contribution is 8.03. The zero-order valence-electron chi connectivity index (χ0n) is 11.2. The van der Waals surface area contributed by atoms with Crippen LogP contribution >= 0.6 is 24.0 Å². The highest BCUT2D eigenvalue weighted by Crippen LogP contribution is 2.46. The van der Waals surface area contributed by atoms with Crippen LogP contribution in [0.1, 0.15) is 20.8 Å². The molecule has 0 fully saturated rings. The number of allylic oxidation sites excluding steroid dienone is 1. The Hall–Kier alpha value is -1.33. The molecule has 0 aliphatic carbocycles. The first kappa shape index (κ1) is 14.1. The van der Waals surface area contributed by atoms with Crippen LogP contribution in [0.15, 0.2) is 34.2 Å². The van der Waals surface area contributed by atoms with E-state index in [1.165, 1.54) is 4.90 Å². The Morgan fingerprint density at radius 3 is 2.79 bits per heavy atom. The van der Waals surface area contributed by atoms with Crippen molar-refractivity contribution in [2.24, 2.45) is 0 Å². The van der Waals surface area contributed by atoms with E-state index in [1.54, 1.807) is 24.8 Å². The third kappa shape index (κ3) is 3.16.